The Bertz CT molecular complexity index is 620. The highest BCUT2D eigenvalue weighted by Gasteiger charge is 2.70. The molecular weight excluding hydrogens is 322 g/mol. The molecule has 1 aliphatic carbocycles. The van der Waals surface area contributed by atoms with E-state index < -0.39 is 29.5 Å². The van der Waals surface area contributed by atoms with E-state index in [0.717, 1.165) is 0 Å². The number of carbonyl (C=O) groups excluding carboxylic acids is 2. The van der Waals surface area contributed by atoms with Gasteiger partial charge in [-0.25, -0.2) is 9.59 Å². The average Bonchev–Trinajstić information content (AvgIpc) is 2.82. The molecule has 3 N–H and O–H groups in total. The van der Waals surface area contributed by atoms with Gasteiger partial charge < -0.3 is 20.6 Å². The Hall–Kier alpha value is -2.05. The van der Waals surface area contributed by atoms with Crippen LogP contribution in [0.5, 0.6) is 0 Å². The lowest BCUT2D eigenvalue weighted by atomic mass is 9.85. The summed E-state index contributed by atoms with van der Waals surface area (Å²) in [5.74, 6) is -1.16. The van der Waals surface area contributed by atoms with E-state index in [-0.39, 0.29) is 23.2 Å². The fraction of sp³-hybridized carbons (Fsp3) is 0.722. The van der Waals surface area contributed by atoms with Gasteiger partial charge in [0.05, 0.1) is 0 Å². The Morgan fingerprint density at radius 1 is 1.28 bits per heavy atom. The van der Waals surface area contributed by atoms with Gasteiger partial charge in [-0.05, 0) is 23.7 Å². The average molecular weight is 351 g/mol. The number of likely N-dealkylation sites (tertiary alicyclic amines) is 1. The maximum absolute atomic E-state index is 13.1. The van der Waals surface area contributed by atoms with Gasteiger partial charge in [-0.2, -0.15) is 0 Å². The molecule has 2 rings (SSSR count). The van der Waals surface area contributed by atoms with Crippen molar-refractivity contribution in [1.82, 2.24) is 15.5 Å². The number of hydrogen-bond acceptors (Lipinski definition) is 3. The largest absolute Gasteiger partial charge is 0.480 e. The molecule has 3 amide bonds. The van der Waals surface area contributed by atoms with Crippen LogP contribution in [0.25, 0.3) is 0 Å². The topological polar surface area (TPSA) is 98.7 Å². The fourth-order valence-electron chi connectivity index (χ4n) is 3.97. The summed E-state index contributed by atoms with van der Waals surface area (Å²) < 4.78 is 0. The van der Waals surface area contributed by atoms with Crippen LogP contribution >= 0.6 is 0 Å². The highest BCUT2D eigenvalue weighted by atomic mass is 16.4. The smallest absolute Gasteiger partial charge is 0.326 e. The number of piperidine rings is 1. The number of carboxylic acids is 1. The number of rotatable bonds is 4. The standard InChI is InChI=1S/C18H29N3O4/c1-9(2)19-16(25)20-13(17(3,4)5)14(22)21-8-10-11(18(10,6)7)12(21)15(23)24/h10-13H,1,8H2,2-7H3,(H,23,24)(H2,19,20,25). The minimum absolute atomic E-state index is 0.0289. The minimum atomic E-state index is -0.981. The maximum Gasteiger partial charge on any atom is 0.326 e. The van der Waals surface area contributed by atoms with Gasteiger partial charge in [0, 0.05) is 18.2 Å². The zero-order valence-corrected chi connectivity index (χ0v) is 15.8. The lowest BCUT2D eigenvalue weighted by molar-refractivity contribution is -0.152. The van der Waals surface area contributed by atoms with Crippen LogP contribution < -0.4 is 10.6 Å². The van der Waals surface area contributed by atoms with Gasteiger partial charge in [-0.15, -0.1) is 0 Å². The SMILES string of the molecule is C=C(C)NC(=O)NC(C(=O)N1CC2C(C1C(=O)O)C2(C)C)C(C)(C)C. The van der Waals surface area contributed by atoms with Crippen molar-refractivity contribution < 1.29 is 19.5 Å². The van der Waals surface area contributed by atoms with E-state index in [1.54, 1.807) is 6.92 Å². The molecule has 0 aromatic carbocycles. The van der Waals surface area contributed by atoms with Gasteiger partial charge >= 0.3 is 12.0 Å². The van der Waals surface area contributed by atoms with E-state index >= 15 is 0 Å². The summed E-state index contributed by atoms with van der Waals surface area (Å²) in [5.41, 5.74) is -0.151. The zero-order valence-electron chi connectivity index (χ0n) is 15.8. The van der Waals surface area contributed by atoms with Crippen molar-refractivity contribution in [2.45, 2.75) is 53.6 Å². The number of nitrogens with zero attached hydrogens (tertiary/aromatic N) is 1. The summed E-state index contributed by atoms with van der Waals surface area (Å²) in [4.78, 5) is 38.4. The van der Waals surface area contributed by atoms with E-state index in [0.29, 0.717) is 12.2 Å². The molecule has 1 saturated heterocycles. The van der Waals surface area contributed by atoms with Gasteiger partial charge in [0.15, 0.2) is 0 Å². The Morgan fingerprint density at radius 2 is 1.84 bits per heavy atom. The molecule has 2 aliphatic rings. The lowest BCUT2D eigenvalue weighted by Gasteiger charge is -2.36. The Balaban J connectivity index is 2.21. The molecule has 0 bridgehead atoms. The molecule has 1 aliphatic heterocycles. The molecule has 25 heavy (non-hydrogen) atoms. The third-order valence-corrected chi connectivity index (χ3v) is 5.46. The molecule has 0 aromatic rings. The molecule has 7 heteroatoms. The Morgan fingerprint density at radius 3 is 2.28 bits per heavy atom. The van der Waals surface area contributed by atoms with Crippen molar-refractivity contribution in [3.05, 3.63) is 12.3 Å². The second-order valence-corrected chi connectivity index (χ2v) is 8.91. The van der Waals surface area contributed by atoms with Crippen molar-refractivity contribution in [2.24, 2.45) is 22.7 Å². The third-order valence-electron chi connectivity index (χ3n) is 5.46. The fourth-order valence-corrected chi connectivity index (χ4v) is 3.97. The van der Waals surface area contributed by atoms with Crippen LogP contribution in [0.4, 0.5) is 4.79 Å². The quantitative estimate of drug-likeness (QED) is 0.719. The van der Waals surface area contributed by atoms with E-state index in [9.17, 15) is 19.5 Å². The number of nitrogens with one attached hydrogen (secondary N) is 2. The number of amides is 3. The van der Waals surface area contributed by atoms with Crippen LogP contribution in [0.1, 0.15) is 41.5 Å². The van der Waals surface area contributed by atoms with Gasteiger partial charge in [0.2, 0.25) is 5.91 Å². The molecule has 7 nitrogen and oxygen atoms in total. The molecule has 140 valence electrons. The second-order valence-electron chi connectivity index (χ2n) is 8.91. The van der Waals surface area contributed by atoms with Gasteiger partial charge in [-0.1, -0.05) is 41.2 Å². The maximum atomic E-state index is 13.1. The van der Waals surface area contributed by atoms with Crippen molar-refractivity contribution in [3.8, 4) is 0 Å². The van der Waals surface area contributed by atoms with Crippen molar-refractivity contribution in [1.29, 1.82) is 0 Å². The van der Waals surface area contributed by atoms with E-state index in [2.05, 4.69) is 17.2 Å². The predicted molar refractivity (Wildman–Crippen MR) is 93.6 cm³/mol. The molecule has 0 radical (unpaired) electrons. The van der Waals surface area contributed by atoms with Gasteiger partial charge in [0.25, 0.3) is 0 Å². The summed E-state index contributed by atoms with van der Waals surface area (Å²) in [6.45, 7) is 15.3. The molecule has 0 spiro atoms. The normalized spacial score (nSPS) is 27.9. The lowest BCUT2D eigenvalue weighted by Crippen LogP contribution is -2.59. The number of carbonyl (C=O) groups is 3. The van der Waals surface area contributed by atoms with Crippen LogP contribution in [0, 0.1) is 22.7 Å². The van der Waals surface area contributed by atoms with Crippen LogP contribution in [-0.4, -0.2) is 46.5 Å². The first-order valence-electron chi connectivity index (χ1n) is 8.54. The van der Waals surface area contributed by atoms with Crippen LogP contribution in [0.3, 0.4) is 0 Å². The van der Waals surface area contributed by atoms with Crippen LogP contribution in [-0.2, 0) is 9.59 Å². The van der Waals surface area contributed by atoms with E-state index in [4.69, 9.17) is 0 Å². The molecule has 2 fully saturated rings. The van der Waals surface area contributed by atoms with E-state index in [1.807, 2.05) is 34.6 Å². The summed E-state index contributed by atoms with van der Waals surface area (Å²) in [6, 6.07) is -2.17. The highest BCUT2D eigenvalue weighted by Crippen LogP contribution is 2.64. The predicted octanol–water partition coefficient (Wildman–Crippen LogP) is 1.80. The van der Waals surface area contributed by atoms with Crippen LogP contribution in [0.2, 0.25) is 0 Å². The number of allylic oxidation sites excluding steroid dienone is 1. The highest BCUT2D eigenvalue weighted by molar-refractivity contribution is 5.92. The first-order valence-corrected chi connectivity index (χ1v) is 8.54. The summed E-state index contributed by atoms with van der Waals surface area (Å²) in [6.07, 6.45) is 0. The molecule has 1 saturated carbocycles. The monoisotopic (exact) mass is 351 g/mol. The minimum Gasteiger partial charge on any atom is -0.480 e. The molecule has 4 unspecified atom stereocenters. The Kier molecular flexibility index (Phi) is 4.65. The number of fused-ring (bicyclic) bond motifs is 1. The number of aliphatic carboxylic acids is 1. The van der Waals surface area contributed by atoms with Crippen molar-refractivity contribution >= 4 is 17.9 Å². The molecular formula is C18H29N3O4. The molecule has 1 heterocycles. The van der Waals surface area contributed by atoms with Crippen molar-refractivity contribution in [3.63, 3.8) is 0 Å². The zero-order chi connectivity index (χ0) is 19.3. The summed E-state index contributed by atoms with van der Waals surface area (Å²) >= 11 is 0. The van der Waals surface area contributed by atoms with Gasteiger partial charge in [0.1, 0.15) is 12.1 Å². The van der Waals surface area contributed by atoms with Crippen molar-refractivity contribution in [2.75, 3.05) is 6.54 Å². The van der Waals surface area contributed by atoms with E-state index in [1.165, 1.54) is 4.90 Å². The second kappa shape index (κ2) is 6.04. The number of carboxylic acid groups (broad SMARTS) is 1. The first-order chi connectivity index (χ1) is 11.3. The molecule has 0 aromatic heterocycles. The Labute approximate surface area is 148 Å². The first kappa shape index (κ1) is 19.3. The summed E-state index contributed by atoms with van der Waals surface area (Å²) in [5, 5.41) is 14.8. The third kappa shape index (κ3) is 3.50. The van der Waals surface area contributed by atoms with Gasteiger partial charge in [-0.3, -0.25) is 4.79 Å². The summed E-state index contributed by atoms with van der Waals surface area (Å²) in [7, 11) is 0. The number of hydrogen-bond donors (Lipinski definition) is 3. The van der Waals surface area contributed by atoms with Crippen LogP contribution in [0.15, 0.2) is 12.3 Å². The molecule has 4 atom stereocenters. The number of urea groups is 1.